The molecular weight excluding hydrogens is 659 g/mol. The van der Waals surface area contributed by atoms with Gasteiger partial charge in [-0.3, -0.25) is 9.69 Å². The number of carbonyl (C=O) groups excluding carboxylic acids is 3. The van der Waals surface area contributed by atoms with E-state index in [-0.39, 0.29) is 29.1 Å². The van der Waals surface area contributed by atoms with Crippen LogP contribution in [0.4, 0.5) is 34.1 Å². The molecular formula is C31H39ClF3N7O4S. The number of anilines is 2. The smallest absolute Gasteiger partial charge is 0.418 e. The second-order valence-corrected chi connectivity index (χ2v) is 13.7. The maximum Gasteiger partial charge on any atom is 0.418 e. The zero-order valence-electron chi connectivity index (χ0n) is 25.9. The molecule has 0 radical (unpaired) electrons. The molecule has 1 aromatic heterocycles. The average Bonchev–Trinajstić information content (AvgIpc) is 3.52. The van der Waals surface area contributed by atoms with Crippen molar-refractivity contribution in [2.45, 2.75) is 63.0 Å². The third-order valence-corrected chi connectivity index (χ3v) is 10.7. The number of ether oxygens (including phenoxy) is 1. The summed E-state index contributed by atoms with van der Waals surface area (Å²) in [5.74, 6) is -0.462. The molecule has 0 aliphatic carbocycles. The maximum atomic E-state index is 13.9. The van der Waals surface area contributed by atoms with E-state index in [9.17, 15) is 27.6 Å². The van der Waals surface area contributed by atoms with E-state index in [0.29, 0.717) is 64.7 Å². The fourth-order valence-corrected chi connectivity index (χ4v) is 7.97. The number of urea groups is 1. The Morgan fingerprint density at radius 3 is 2.38 bits per heavy atom. The van der Waals surface area contributed by atoms with Crippen molar-refractivity contribution in [3.05, 3.63) is 44.6 Å². The molecule has 0 saturated carbocycles. The van der Waals surface area contributed by atoms with Gasteiger partial charge in [-0.15, -0.1) is 11.3 Å². The molecule has 2 aromatic rings. The van der Waals surface area contributed by atoms with Crippen molar-refractivity contribution in [2.75, 3.05) is 63.4 Å². The van der Waals surface area contributed by atoms with E-state index in [4.69, 9.17) is 22.1 Å². The lowest BCUT2D eigenvalue weighted by Crippen LogP contribution is -2.56. The first-order chi connectivity index (χ1) is 22.5. The highest BCUT2D eigenvalue weighted by Gasteiger charge is 2.38. The van der Waals surface area contributed by atoms with Crippen LogP contribution in [0.15, 0.2) is 22.9 Å². The molecule has 4 amide bonds. The summed E-state index contributed by atoms with van der Waals surface area (Å²) in [5, 5.41) is 9.88. The van der Waals surface area contributed by atoms with E-state index in [1.54, 1.807) is 9.80 Å². The summed E-state index contributed by atoms with van der Waals surface area (Å²) in [4.78, 5) is 47.3. The van der Waals surface area contributed by atoms with Gasteiger partial charge in [-0.1, -0.05) is 11.6 Å². The zero-order chi connectivity index (χ0) is 33.3. The Bertz CT molecular complexity index is 1470. The van der Waals surface area contributed by atoms with Crippen molar-refractivity contribution in [3.63, 3.8) is 0 Å². The van der Waals surface area contributed by atoms with Crippen LogP contribution >= 0.6 is 22.9 Å². The first-order valence-corrected chi connectivity index (χ1v) is 17.3. The van der Waals surface area contributed by atoms with E-state index < -0.39 is 35.5 Å². The van der Waals surface area contributed by atoms with Gasteiger partial charge in [0.25, 0.3) is 5.91 Å². The lowest BCUT2D eigenvalue weighted by Gasteiger charge is -2.42. The lowest BCUT2D eigenvalue weighted by molar-refractivity contribution is -0.143. The van der Waals surface area contributed by atoms with Crippen LogP contribution in [0, 0.1) is 0 Å². The quantitative estimate of drug-likeness (QED) is 0.381. The van der Waals surface area contributed by atoms with Crippen LogP contribution in [0.25, 0.3) is 0 Å². The largest absolute Gasteiger partial charge is 0.436 e. The number of hydrogen-bond donors (Lipinski definition) is 3. The van der Waals surface area contributed by atoms with Crippen LogP contribution in [0.2, 0.25) is 5.02 Å². The van der Waals surface area contributed by atoms with Crippen molar-refractivity contribution in [1.82, 2.24) is 24.9 Å². The minimum absolute atomic E-state index is 0.0821. The number of nitrogens with two attached hydrogens (primary N) is 1. The summed E-state index contributed by atoms with van der Waals surface area (Å²) >= 11 is 7.61. The molecule has 16 heteroatoms. The van der Waals surface area contributed by atoms with Gasteiger partial charge >= 0.3 is 18.3 Å². The Hall–Kier alpha value is -3.27. The van der Waals surface area contributed by atoms with Crippen LogP contribution in [0.5, 0.6) is 0 Å². The molecule has 3 fully saturated rings. The second-order valence-electron chi connectivity index (χ2n) is 12.5. The molecule has 1 aromatic carbocycles. The number of hydrogen-bond acceptors (Lipinski definition) is 8. The number of rotatable bonds is 6. The predicted molar refractivity (Wildman–Crippen MR) is 172 cm³/mol. The van der Waals surface area contributed by atoms with Crippen LogP contribution in [0.3, 0.4) is 0 Å². The van der Waals surface area contributed by atoms with Gasteiger partial charge in [-0.2, -0.15) is 13.2 Å². The van der Waals surface area contributed by atoms with Crippen LogP contribution < -0.4 is 16.4 Å². The number of benzene rings is 1. The average molecular weight is 698 g/mol. The van der Waals surface area contributed by atoms with Crippen molar-refractivity contribution in [1.29, 1.82) is 0 Å². The van der Waals surface area contributed by atoms with E-state index in [2.05, 4.69) is 15.5 Å². The summed E-state index contributed by atoms with van der Waals surface area (Å²) in [6.07, 6.45) is -4.05. The number of thiophene rings is 1. The molecule has 0 unspecified atom stereocenters. The first kappa shape index (κ1) is 33.6. The van der Waals surface area contributed by atoms with Crippen molar-refractivity contribution in [2.24, 2.45) is 0 Å². The molecule has 3 saturated heterocycles. The molecule has 6 rings (SSSR count). The van der Waals surface area contributed by atoms with Gasteiger partial charge in [0.1, 0.15) is 0 Å². The third kappa shape index (κ3) is 7.58. The fraction of sp³-hybridized carbons (Fsp3) is 0.581. The molecule has 0 bridgehead atoms. The van der Waals surface area contributed by atoms with E-state index >= 15 is 0 Å². The molecule has 4 N–H and O–H groups in total. The Morgan fingerprint density at radius 1 is 1.00 bits per heavy atom. The van der Waals surface area contributed by atoms with E-state index in [1.165, 1.54) is 22.3 Å². The summed E-state index contributed by atoms with van der Waals surface area (Å²) < 4.78 is 47.0. The van der Waals surface area contributed by atoms with E-state index in [1.807, 2.05) is 10.8 Å². The standard InChI is InChI=1S/C31H39ClF3N7O4S/c32-24-14-19(13-23(27(24)36)31(33,34)35)15-26(28(43)40-11-9-39(10-12-40)21-1-5-37-6-2-21)46-30(45)41-7-3-22(4-8-41)42-16-20-17-47-18-25(20)38-29(42)44/h13-14,17-18,21-22,26,37H,1-12,15-16,36H2,(H,38,44)/t26-/m1/s1. The maximum absolute atomic E-state index is 13.9. The number of fused-ring (bicyclic) bond motifs is 1. The number of nitrogens with zero attached hydrogens (tertiary/aromatic N) is 4. The number of carbonyl (C=O) groups is 3. The normalized spacial score (nSPS) is 20.9. The summed E-state index contributed by atoms with van der Waals surface area (Å²) in [6, 6.07) is 2.31. The molecule has 11 nitrogen and oxygen atoms in total. The molecule has 256 valence electrons. The fourth-order valence-electron chi connectivity index (χ4n) is 6.95. The summed E-state index contributed by atoms with van der Waals surface area (Å²) in [7, 11) is 0. The summed E-state index contributed by atoms with van der Waals surface area (Å²) in [5.41, 5.74) is 5.88. The molecule has 0 spiro atoms. The van der Waals surface area contributed by atoms with Crippen molar-refractivity contribution < 1.29 is 32.3 Å². The number of likely N-dealkylation sites (tertiary alicyclic amines) is 1. The highest BCUT2D eigenvalue weighted by Crippen LogP contribution is 2.38. The minimum atomic E-state index is -4.76. The highest BCUT2D eigenvalue weighted by atomic mass is 35.5. The number of piperidine rings is 2. The van der Waals surface area contributed by atoms with Gasteiger partial charge in [0.15, 0.2) is 6.10 Å². The van der Waals surface area contributed by atoms with Gasteiger partial charge in [0.05, 0.1) is 28.5 Å². The molecule has 5 heterocycles. The van der Waals surface area contributed by atoms with Gasteiger partial charge < -0.3 is 35.8 Å². The Labute approximate surface area is 280 Å². The number of halogens is 4. The SMILES string of the molecule is Nc1c(Cl)cc(C[C@@H](OC(=O)N2CCC(N3Cc4cscc4NC3=O)CC2)C(=O)N2CCN(C3CCNCC3)CC2)cc1C(F)(F)F. The molecule has 4 aliphatic heterocycles. The van der Waals surface area contributed by atoms with Crippen LogP contribution in [-0.2, 0) is 28.7 Å². The number of nitrogens with one attached hydrogen (secondary N) is 2. The molecule has 1 atom stereocenters. The van der Waals surface area contributed by atoms with Gasteiger partial charge in [-0.25, -0.2) is 9.59 Å². The third-order valence-electron chi connectivity index (χ3n) is 9.63. The number of piperazine rings is 1. The van der Waals surface area contributed by atoms with Crippen LogP contribution in [-0.4, -0.2) is 108 Å². The molecule has 4 aliphatic rings. The highest BCUT2D eigenvalue weighted by molar-refractivity contribution is 7.08. The minimum Gasteiger partial charge on any atom is -0.436 e. The lowest BCUT2D eigenvalue weighted by atomic mass is 10.0. The number of amides is 4. The van der Waals surface area contributed by atoms with Crippen LogP contribution in [0.1, 0.15) is 42.4 Å². The predicted octanol–water partition coefficient (Wildman–Crippen LogP) is 4.46. The molecule has 47 heavy (non-hydrogen) atoms. The number of nitrogen functional groups attached to an aromatic ring is 1. The van der Waals surface area contributed by atoms with Crippen molar-refractivity contribution >= 4 is 52.3 Å². The summed E-state index contributed by atoms with van der Waals surface area (Å²) in [6.45, 7) is 5.14. The van der Waals surface area contributed by atoms with Gasteiger partial charge in [-0.05, 0) is 61.8 Å². The Balaban J connectivity index is 1.13. The van der Waals surface area contributed by atoms with Crippen molar-refractivity contribution in [3.8, 4) is 0 Å². The Morgan fingerprint density at radius 2 is 1.70 bits per heavy atom. The first-order valence-electron chi connectivity index (χ1n) is 15.9. The topological polar surface area (TPSA) is 123 Å². The van der Waals surface area contributed by atoms with Gasteiger partial charge in [0, 0.05) is 68.7 Å². The van der Waals surface area contributed by atoms with E-state index in [0.717, 1.165) is 43.2 Å². The number of alkyl halides is 3. The Kier molecular flexibility index (Phi) is 10.1. The second kappa shape index (κ2) is 14.1. The van der Waals surface area contributed by atoms with Gasteiger partial charge in [0.2, 0.25) is 0 Å². The zero-order valence-corrected chi connectivity index (χ0v) is 27.4. The monoisotopic (exact) mass is 697 g/mol.